The van der Waals surface area contributed by atoms with Crippen LogP contribution in [-0.2, 0) is 11.2 Å². The summed E-state index contributed by atoms with van der Waals surface area (Å²) in [6.45, 7) is 3.51. The van der Waals surface area contributed by atoms with E-state index in [2.05, 4.69) is 5.32 Å². The number of benzene rings is 1. The summed E-state index contributed by atoms with van der Waals surface area (Å²) >= 11 is 0. The molecule has 1 aromatic carbocycles. The number of hydrogen-bond acceptors (Lipinski definition) is 2. The quantitative estimate of drug-likeness (QED) is 0.820. The topological polar surface area (TPSA) is 49.3 Å². The highest BCUT2D eigenvalue weighted by Crippen LogP contribution is 2.05. The van der Waals surface area contributed by atoms with Gasteiger partial charge in [0.2, 0.25) is 5.91 Å². The first kappa shape index (κ1) is 13.6. The molecule has 0 fully saturated rings. The summed E-state index contributed by atoms with van der Waals surface area (Å²) in [5, 5.41) is 11.9. The molecular formula is C13H18FNO2. The molecule has 0 saturated heterocycles. The number of carbonyl (C=O) groups is 1. The molecule has 2 N–H and O–H groups in total. The molecule has 1 aromatic rings. The van der Waals surface area contributed by atoms with E-state index in [0.29, 0.717) is 12.0 Å². The van der Waals surface area contributed by atoms with Crippen LogP contribution >= 0.6 is 0 Å². The Hall–Kier alpha value is -1.42. The number of aliphatic hydroxyl groups is 1. The van der Waals surface area contributed by atoms with Crippen molar-refractivity contribution in [3.05, 3.63) is 35.6 Å². The summed E-state index contributed by atoms with van der Waals surface area (Å²) in [6.07, 6.45) is 0.219. The Morgan fingerprint density at radius 2 is 2.18 bits per heavy atom. The number of rotatable bonds is 5. The Balaban J connectivity index is 2.44. The minimum Gasteiger partial charge on any atom is -0.393 e. The van der Waals surface area contributed by atoms with Crippen LogP contribution in [0.3, 0.4) is 0 Å². The van der Waals surface area contributed by atoms with Crippen LogP contribution in [0.25, 0.3) is 0 Å². The number of halogens is 1. The van der Waals surface area contributed by atoms with Crippen molar-refractivity contribution in [1.29, 1.82) is 0 Å². The van der Waals surface area contributed by atoms with Gasteiger partial charge in [-0.3, -0.25) is 4.79 Å². The molecule has 0 radical (unpaired) electrons. The second-order valence-electron chi connectivity index (χ2n) is 4.36. The standard InChI is InChI=1S/C13H18FNO2/c1-9(6-10(2)16)15-13(17)8-11-4-3-5-12(14)7-11/h3-5,7,9-10,16H,6,8H2,1-2H3,(H,15,17). The molecule has 0 aliphatic rings. The lowest BCUT2D eigenvalue weighted by atomic mass is 10.1. The largest absolute Gasteiger partial charge is 0.393 e. The van der Waals surface area contributed by atoms with Gasteiger partial charge in [-0.25, -0.2) is 4.39 Å². The van der Waals surface area contributed by atoms with E-state index in [1.54, 1.807) is 19.1 Å². The summed E-state index contributed by atoms with van der Waals surface area (Å²) < 4.78 is 12.9. The monoisotopic (exact) mass is 239 g/mol. The highest BCUT2D eigenvalue weighted by Gasteiger charge is 2.10. The molecule has 1 amide bonds. The summed E-state index contributed by atoms with van der Waals surface area (Å²) in [7, 11) is 0. The lowest BCUT2D eigenvalue weighted by Crippen LogP contribution is -2.35. The maximum absolute atomic E-state index is 12.9. The smallest absolute Gasteiger partial charge is 0.224 e. The minimum absolute atomic E-state index is 0.0870. The van der Waals surface area contributed by atoms with Crippen LogP contribution in [0.15, 0.2) is 24.3 Å². The Labute approximate surface area is 101 Å². The van der Waals surface area contributed by atoms with E-state index in [1.807, 2.05) is 6.92 Å². The summed E-state index contributed by atoms with van der Waals surface area (Å²) in [4.78, 5) is 11.6. The fourth-order valence-corrected chi connectivity index (χ4v) is 1.73. The zero-order chi connectivity index (χ0) is 12.8. The van der Waals surface area contributed by atoms with Crippen molar-refractivity contribution in [3.63, 3.8) is 0 Å². The second-order valence-corrected chi connectivity index (χ2v) is 4.36. The van der Waals surface area contributed by atoms with Gasteiger partial charge >= 0.3 is 0 Å². The Morgan fingerprint density at radius 3 is 2.76 bits per heavy atom. The van der Waals surface area contributed by atoms with Gasteiger partial charge in [-0.05, 0) is 38.0 Å². The molecule has 94 valence electrons. The summed E-state index contributed by atoms with van der Waals surface area (Å²) in [6, 6.07) is 5.89. The molecule has 0 aliphatic carbocycles. The molecule has 2 unspecified atom stereocenters. The third kappa shape index (κ3) is 5.45. The molecule has 0 saturated carbocycles. The molecule has 0 heterocycles. The van der Waals surface area contributed by atoms with Crippen LogP contribution in [-0.4, -0.2) is 23.2 Å². The van der Waals surface area contributed by atoms with E-state index in [4.69, 9.17) is 5.11 Å². The Bertz CT molecular complexity index is 379. The van der Waals surface area contributed by atoms with Gasteiger partial charge in [-0.15, -0.1) is 0 Å². The highest BCUT2D eigenvalue weighted by molar-refractivity contribution is 5.78. The third-order valence-corrected chi connectivity index (χ3v) is 2.36. The zero-order valence-electron chi connectivity index (χ0n) is 10.1. The van der Waals surface area contributed by atoms with Crippen LogP contribution in [0.5, 0.6) is 0 Å². The molecule has 0 bridgehead atoms. The summed E-state index contributed by atoms with van der Waals surface area (Å²) in [5.41, 5.74) is 0.645. The van der Waals surface area contributed by atoms with Gasteiger partial charge in [-0.2, -0.15) is 0 Å². The lowest BCUT2D eigenvalue weighted by molar-refractivity contribution is -0.121. The fraction of sp³-hybridized carbons (Fsp3) is 0.462. The van der Waals surface area contributed by atoms with Crippen LogP contribution in [0, 0.1) is 5.82 Å². The van der Waals surface area contributed by atoms with Crippen LogP contribution in [0.1, 0.15) is 25.8 Å². The lowest BCUT2D eigenvalue weighted by Gasteiger charge is -2.15. The van der Waals surface area contributed by atoms with E-state index >= 15 is 0 Å². The second kappa shape index (κ2) is 6.35. The first-order chi connectivity index (χ1) is 7.97. The summed E-state index contributed by atoms with van der Waals surface area (Å²) in [5.74, 6) is -0.504. The van der Waals surface area contributed by atoms with Crippen LogP contribution in [0.4, 0.5) is 4.39 Å². The van der Waals surface area contributed by atoms with Crippen molar-refractivity contribution in [2.75, 3.05) is 0 Å². The first-order valence-corrected chi connectivity index (χ1v) is 5.69. The van der Waals surface area contributed by atoms with E-state index in [1.165, 1.54) is 12.1 Å². The van der Waals surface area contributed by atoms with Crippen LogP contribution < -0.4 is 5.32 Å². The molecule has 0 spiro atoms. The zero-order valence-corrected chi connectivity index (χ0v) is 10.1. The fourth-order valence-electron chi connectivity index (χ4n) is 1.73. The number of hydrogen-bond donors (Lipinski definition) is 2. The predicted octanol–water partition coefficient (Wildman–Crippen LogP) is 1.64. The maximum atomic E-state index is 12.9. The van der Waals surface area contributed by atoms with Gasteiger partial charge in [0.15, 0.2) is 0 Å². The van der Waals surface area contributed by atoms with Gasteiger partial charge in [-0.1, -0.05) is 12.1 Å². The van der Waals surface area contributed by atoms with Crippen LogP contribution in [0.2, 0.25) is 0 Å². The van der Waals surface area contributed by atoms with Crippen molar-refractivity contribution >= 4 is 5.91 Å². The van der Waals surface area contributed by atoms with Crippen molar-refractivity contribution < 1.29 is 14.3 Å². The normalized spacial score (nSPS) is 14.1. The van der Waals surface area contributed by atoms with Crippen molar-refractivity contribution in [2.24, 2.45) is 0 Å². The molecular weight excluding hydrogens is 221 g/mol. The minimum atomic E-state index is -0.445. The van der Waals surface area contributed by atoms with Gasteiger partial charge < -0.3 is 10.4 Å². The van der Waals surface area contributed by atoms with Crippen molar-refractivity contribution in [1.82, 2.24) is 5.32 Å². The molecule has 2 atom stereocenters. The third-order valence-electron chi connectivity index (χ3n) is 2.36. The molecule has 3 nitrogen and oxygen atoms in total. The van der Waals surface area contributed by atoms with Gasteiger partial charge in [0.1, 0.15) is 5.82 Å². The number of amides is 1. The molecule has 0 aromatic heterocycles. The van der Waals surface area contributed by atoms with E-state index in [-0.39, 0.29) is 24.2 Å². The number of aliphatic hydroxyl groups excluding tert-OH is 1. The van der Waals surface area contributed by atoms with Gasteiger partial charge in [0, 0.05) is 6.04 Å². The number of nitrogens with one attached hydrogen (secondary N) is 1. The maximum Gasteiger partial charge on any atom is 0.224 e. The van der Waals surface area contributed by atoms with Gasteiger partial charge in [0.05, 0.1) is 12.5 Å². The van der Waals surface area contributed by atoms with Crippen molar-refractivity contribution in [3.8, 4) is 0 Å². The predicted molar refractivity (Wildman–Crippen MR) is 64.0 cm³/mol. The molecule has 1 rings (SSSR count). The Kier molecular flexibility index (Phi) is 5.10. The Morgan fingerprint density at radius 1 is 1.47 bits per heavy atom. The van der Waals surface area contributed by atoms with E-state index in [9.17, 15) is 9.18 Å². The molecule has 17 heavy (non-hydrogen) atoms. The first-order valence-electron chi connectivity index (χ1n) is 5.69. The number of carbonyl (C=O) groups excluding carboxylic acids is 1. The van der Waals surface area contributed by atoms with Gasteiger partial charge in [0.25, 0.3) is 0 Å². The van der Waals surface area contributed by atoms with Crippen molar-refractivity contribution in [2.45, 2.75) is 38.8 Å². The SMILES string of the molecule is CC(O)CC(C)NC(=O)Cc1cccc(F)c1. The van der Waals surface area contributed by atoms with E-state index in [0.717, 1.165) is 0 Å². The molecule has 0 aliphatic heterocycles. The average molecular weight is 239 g/mol. The average Bonchev–Trinajstić information content (AvgIpc) is 2.14. The molecule has 4 heteroatoms. The highest BCUT2D eigenvalue weighted by atomic mass is 19.1. The van der Waals surface area contributed by atoms with E-state index < -0.39 is 6.10 Å².